The van der Waals surface area contributed by atoms with E-state index in [0.29, 0.717) is 16.7 Å². The number of rotatable bonds is 3. The molecule has 2 heterocycles. The summed E-state index contributed by atoms with van der Waals surface area (Å²) in [5.74, 6) is 0.395. The highest BCUT2D eigenvalue weighted by atomic mass is 35.5. The lowest BCUT2D eigenvalue weighted by molar-refractivity contribution is 0.622. The highest BCUT2D eigenvalue weighted by Gasteiger charge is 2.11. The van der Waals surface area contributed by atoms with Crippen molar-refractivity contribution in [1.82, 2.24) is 20.2 Å². The van der Waals surface area contributed by atoms with E-state index in [1.807, 2.05) is 6.07 Å². The summed E-state index contributed by atoms with van der Waals surface area (Å²) in [6, 6.07) is 9.94. The molecule has 96 valence electrons. The van der Waals surface area contributed by atoms with E-state index in [2.05, 4.69) is 15.5 Å². The van der Waals surface area contributed by atoms with Crippen molar-refractivity contribution in [3.05, 3.63) is 52.1 Å². The van der Waals surface area contributed by atoms with E-state index in [-0.39, 0.29) is 5.82 Å². The third kappa shape index (κ3) is 2.64. The topological polar surface area (TPSA) is 43.6 Å². The molecule has 0 N–H and O–H groups in total. The summed E-state index contributed by atoms with van der Waals surface area (Å²) in [6.07, 6.45) is 0. The molecular formula is C12H8ClFN4S. The second-order valence-electron chi connectivity index (χ2n) is 3.89. The minimum absolute atomic E-state index is 0.259. The number of aromatic nitrogens is 4. The van der Waals surface area contributed by atoms with Gasteiger partial charge in [-0.15, -0.1) is 16.4 Å². The van der Waals surface area contributed by atoms with Crippen molar-refractivity contribution in [2.45, 2.75) is 6.54 Å². The van der Waals surface area contributed by atoms with Crippen LogP contribution in [0.1, 0.15) is 5.56 Å². The van der Waals surface area contributed by atoms with Gasteiger partial charge in [-0.2, -0.15) is 0 Å². The first-order valence-corrected chi connectivity index (χ1v) is 6.68. The van der Waals surface area contributed by atoms with Crippen LogP contribution < -0.4 is 0 Å². The summed E-state index contributed by atoms with van der Waals surface area (Å²) in [7, 11) is 0. The monoisotopic (exact) mass is 294 g/mol. The largest absolute Gasteiger partial charge is 0.220 e. The molecule has 0 amide bonds. The molecule has 1 aromatic carbocycles. The lowest BCUT2D eigenvalue weighted by Crippen LogP contribution is -2.03. The van der Waals surface area contributed by atoms with Gasteiger partial charge in [-0.1, -0.05) is 23.7 Å². The summed E-state index contributed by atoms with van der Waals surface area (Å²) in [5, 5.41) is 11.6. The molecule has 0 fully saturated rings. The van der Waals surface area contributed by atoms with Crippen LogP contribution in [0.2, 0.25) is 4.34 Å². The van der Waals surface area contributed by atoms with E-state index in [9.17, 15) is 4.39 Å². The lowest BCUT2D eigenvalue weighted by Gasteiger charge is -2.03. The smallest absolute Gasteiger partial charge is 0.192 e. The Morgan fingerprint density at radius 3 is 2.63 bits per heavy atom. The number of hydrogen-bond donors (Lipinski definition) is 0. The van der Waals surface area contributed by atoms with Crippen molar-refractivity contribution in [2.75, 3.05) is 0 Å². The standard InChI is InChI=1S/C12H8ClFN4S/c13-11-6-5-10(19-11)12-15-16-17-18(12)7-8-1-3-9(14)4-2-8/h1-6H,7H2. The molecule has 0 spiro atoms. The Morgan fingerprint density at radius 1 is 1.16 bits per heavy atom. The van der Waals surface area contributed by atoms with Gasteiger partial charge in [-0.05, 0) is 40.3 Å². The molecular weight excluding hydrogens is 287 g/mol. The molecule has 19 heavy (non-hydrogen) atoms. The van der Waals surface area contributed by atoms with Gasteiger partial charge >= 0.3 is 0 Å². The fourth-order valence-electron chi connectivity index (χ4n) is 1.68. The van der Waals surface area contributed by atoms with Crippen LogP contribution in [0.15, 0.2) is 36.4 Å². The first-order valence-electron chi connectivity index (χ1n) is 5.49. The van der Waals surface area contributed by atoms with Gasteiger partial charge in [0.05, 0.1) is 15.8 Å². The van der Waals surface area contributed by atoms with E-state index in [1.54, 1.807) is 22.9 Å². The average Bonchev–Trinajstić information content (AvgIpc) is 3.01. The Bertz CT molecular complexity index is 692. The quantitative estimate of drug-likeness (QED) is 0.745. The molecule has 3 rings (SSSR count). The van der Waals surface area contributed by atoms with E-state index in [4.69, 9.17) is 11.6 Å². The molecule has 2 aromatic heterocycles. The van der Waals surface area contributed by atoms with Crippen LogP contribution in [0.25, 0.3) is 10.7 Å². The van der Waals surface area contributed by atoms with Crippen molar-refractivity contribution < 1.29 is 4.39 Å². The highest BCUT2D eigenvalue weighted by Crippen LogP contribution is 2.29. The predicted molar refractivity (Wildman–Crippen MR) is 71.6 cm³/mol. The fraction of sp³-hybridized carbons (Fsp3) is 0.0833. The van der Waals surface area contributed by atoms with Gasteiger partial charge in [0.1, 0.15) is 5.82 Å². The van der Waals surface area contributed by atoms with Gasteiger partial charge in [0.25, 0.3) is 0 Å². The molecule has 0 atom stereocenters. The van der Waals surface area contributed by atoms with Crippen LogP contribution in [-0.4, -0.2) is 20.2 Å². The minimum atomic E-state index is -0.259. The van der Waals surface area contributed by atoms with Gasteiger partial charge in [0.2, 0.25) is 0 Å². The zero-order chi connectivity index (χ0) is 13.2. The van der Waals surface area contributed by atoms with Crippen molar-refractivity contribution in [1.29, 1.82) is 0 Å². The van der Waals surface area contributed by atoms with E-state index in [1.165, 1.54) is 23.5 Å². The Morgan fingerprint density at radius 2 is 1.95 bits per heavy atom. The second-order valence-corrected chi connectivity index (χ2v) is 5.61. The maximum atomic E-state index is 12.9. The third-order valence-corrected chi connectivity index (χ3v) is 3.80. The molecule has 0 radical (unpaired) electrons. The lowest BCUT2D eigenvalue weighted by atomic mass is 10.2. The van der Waals surface area contributed by atoms with Crippen LogP contribution >= 0.6 is 22.9 Å². The summed E-state index contributed by atoms with van der Waals surface area (Å²) in [5.41, 5.74) is 0.928. The van der Waals surface area contributed by atoms with Crippen molar-refractivity contribution in [3.8, 4) is 10.7 Å². The highest BCUT2D eigenvalue weighted by molar-refractivity contribution is 7.19. The average molecular weight is 295 g/mol. The first-order chi connectivity index (χ1) is 9.22. The van der Waals surface area contributed by atoms with Gasteiger partial charge in [0.15, 0.2) is 5.82 Å². The first kappa shape index (κ1) is 12.3. The molecule has 0 saturated carbocycles. The predicted octanol–water partition coefficient (Wildman–Crippen LogP) is 3.24. The number of benzene rings is 1. The van der Waals surface area contributed by atoms with E-state index >= 15 is 0 Å². The maximum absolute atomic E-state index is 12.9. The summed E-state index contributed by atoms with van der Waals surface area (Å²) >= 11 is 7.32. The number of nitrogens with zero attached hydrogens (tertiary/aromatic N) is 4. The van der Waals surface area contributed by atoms with Crippen LogP contribution in [0.5, 0.6) is 0 Å². The Balaban J connectivity index is 1.90. The fourth-order valence-corrected chi connectivity index (χ4v) is 2.72. The molecule has 0 aliphatic heterocycles. The summed E-state index contributed by atoms with van der Waals surface area (Å²) in [4.78, 5) is 0.900. The number of halogens is 2. The molecule has 4 nitrogen and oxygen atoms in total. The zero-order valence-corrected chi connectivity index (χ0v) is 11.2. The second kappa shape index (κ2) is 5.07. The number of thiophene rings is 1. The van der Waals surface area contributed by atoms with Crippen molar-refractivity contribution in [3.63, 3.8) is 0 Å². The van der Waals surface area contributed by atoms with Crippen LogP contribution in [0.3, 0.4) is 0 Å². The van der Waals surface area contributed by atoms with Crippen molar-refractivity contribution in [2.24, 2.45) is 0 Å². The Labute approximate surface area is 117 Å². The molecule has 3 aromatic rings. The maximum Gasteiger partial charge on any atom is 0.192 e. The van der Waals surface area contributed by atoms with Crippen molar-refractivity contribution >= 4 is 22.9 Å². The van der Waals surface area contributed by atoms with E-state index < -0.39 is 0 Å². The van der Waals surface area contributed by atoms with Gasteiger partial charge in [-0.25, -0.2) is 9.07 Å². The number of hydrogen-bond acceptors (Lipinski definition) is 4. The third-order valence-electron chi connectivity index (χ3n) is 2.57. The Hall–Kier alpha value is -1.79. The van der Waals surface area contributed by atoms with Gasteiger partial charge in [-0.3, -0.25) is 0 Å². The normalized spacial score (nSPS) is 10.8. The Kier molecular flexibility index (Phi) is 3.27. The van der Waals surface area contributed by atoms with Crippen LogP contribution in [0, 0.1) is 5.82 Å². The summed E-state index contributed by atoms with van der Waals surface area (Å²) in [6.45, 7) is 0.484. The van der Waals surface area contributed by atoms with Crippen LogP contribution in [0.4, 0.5) is 4.39 Å². The number of tetrazole rings is 1. The van der Waals surface area contributed by atoms with E-state index in [0.717, 1.165) is 10.4 Å². The van der Waals surface area contributed by atoms with Gasteiger partial charge < -0.3 is 0 Å². The SMILES string of the molecule is Fc1ccc(Cn2nnnc2-c2ccc(Cl)s2)cc1. The van der Waals surface area contributed by atoms with Gasteiger partial charge in [0, 0.05) is 0 Å². The molecule has 0 saturated heterocycles. The molecule has 0 aliphatic carbocycles. The molecule has 7 heteroatoms. The van der Waals surface area contributed by atoms with Crippen LogP contribution in [-0.2, 0) is 6.54 Å². The molecule has 0 unspecified atom stereocenters. The molecule has 0 aliphatic rings. The summed E-state index contributed by atoms with van der Waals surface area (Å²) < 4.78 is 15.2. The zero-order valence-electron chi connectivity index (χ0n) is 9.62. The molecule has 0 bridgehead atoms. The minimum Gasteiger partial charge on any atom is -0.220 e.